The molecule has 0 unspecified atom stereocenters. The number of aryl methyl sites for hydroxylation is 2. The van der Waals surface area contributed by atoms with Crippen LogP contribution < -0.4 is 5.32 Å². The van der Waals surface area contributed by atoms with Gasteiger partial charge in [-0.1, -0.05) is 5.16 Å². The minimum absolute atomic E-state index is 0.720. The molecule has 0 aliphatic carbocycles. The van der Waals surface area contributed by atoms with E-state index in [2.05, 4.69) is 40.4 Å². The SMILES string of the molecule is CCn1ccc(CNCc2cc(C)no2)c1. The lowest BCUT2D eigenvalue weighted by molar-refractivity contribution is 0.369. The van der Waals surface area contributed by atoms with Gasteiger partial charge >= 0.3 is 0 Å². The van der Waals surface area contributed by atoms with Crippen LogP contribution in [0.3, 0.4) is 0 Å². The molecule has 2 heterocycles. The van der Waals surface area contributed by atoms with Crippen LogP contribution in [-0.4, -0.2) is 9.72 Å². The molecular weight excluding hydrogens is 202 g/mol. The molecule has 4 nitrogen and oxygen atoms in total. The third-order valence-corrected chi connectivity index (χ3v) is 2.48. The maximum absolute atomic E-state index is 5.11. The molecule has 0 fully saturated rings. The third-order valence-electron chi connectivity index (χ3n) is 2.48. The number of rotatable bonds is 5. The molecule has 0 aromatic carbocycles. The molecule has 0 aliphatic rings. The Hall–Kier alpha value is -1.55. The number of hydrogen-bond acceptors (Lipinski definition) is 3. The van der Waals surface area contributed by atoms with E-state index in [1.54, 1.807) is 0 Å². The first-order valence-corrected chi connectivity index (χ1v) is 5.55. The summed E-state index contributed by atoms with van der Waals surface area (Å²) in [5.41, 5.74) is 2.21. The van der Waals surface area contributed by atoms with Crippen molar-refractivity contribution in [2.24, 2.45) is 0 Å². The summed E-state index contributed by atoms with van der Waals surface area (Å²) in [5.74, 6) is 0.882. The van der Waals surface area contributed by atoms with Crippen LogP contribution in [0.2, 0.25) is 0 Å². The van der Waals surface area contributed by atoms with Crippen molar-refractivity contribution in [3.8, 4) is 0 Å². The van der Waals surface area contributed by atoms with Crippen molar-refractivity contribution >= 4 is 0 Å². The Morgan fingerprint density at radius 3 is 2.94 bits per heavy atom. The lowest BCUT2D eigenvalue weighted by Gasteiger charge is -1.99. The zero-order valence-electron chi connectivity index (χ0n) is 9.73. The van der Waals surface area contributed by atoms with Gasteiger partial charge in [-0.25, -0.2) is 0 Å². The van der Waals surface area contributed by atoms with Gasteiger partial charge in [-0.15, -0.1) is 0 Å². The van der Waals surface area contributed by atoms with E-state index < -0.39 is 0 Å². The molecule has 2 rings (SSSR count). The second-order valence-electron chi connectivity index (χ2n) is 3.89. The molecule has 4 heteroatoms. The molecule has 0 saturated heterocycles. The van der Waals surface area contributed by atoms with Gasteiger partial charge in [0.15, 0.2) is 5.76 Å². The van der Waals surface area contributed by atoms with Crippen LogP contribution in [0, 0.1) is 6.92 Å². The van der Waals surface area contributed by atoms with Gasteiger partial charge in [0.05, 0.1) is 12.2 Å². The molecule has 2 aromatic rings. The normalized spacial score (nSPS) is 10.9. The average Bonchev–Trinajstić information content (AvgIpc) is 2.88. The van der Waals surface area contributed by atoms with E-state index in [0.717, 1.165) is 31.1 Å². The molecule has 0 amide bonds. The fourth-order valence-electron chi connectivity index (χ4n) is 1.62. The largest absolute Gasteiger partial charge is 0.360 e. The van der Waals surface area contributed by atoms with Gasteiger partial charge in [0.2, 0.25) is 0 Å². The molecule has 1 N–H and O–H groups in total. The summed E-state index contributed by atoms with van der Waals surface area (Å²) in [6, 6.07) is 4.08. The zero-order valence-corrected chi connectivity index (χ0v) is 9.73. The molecule has 0 bridgehead atoms. The van der Waals surface area contributed by atoms with E-state index in [1.807, 2.05) is 13.0 Å². The summed E-state index contributed by atoms with van der Waals surface area (Å²) in [6.45, 7) is 6.65. The standard InChI is InChI=1S/C12H17N3O/c1-3-15-5-4-11(9-15)7-13-8-12-6-10(2)14-16-12/h4-6,9,13H,3,7-8H2,1-2H3. The minimum atomic E-state index is 0.720. The highest BCUT2D eigenvalue weighted by Gasteiger charge is 2.00. The number of aromatic nitrogens is 2. The van der Waals surface area contributed by atoms with Crippen LogP contribution in [0.4, 0.5) is 0 Å². The molecule has 86 valence electrons. The van der Waals surface area contributed by atoms with Crippen molar-refractivity contribution in [3.05, 3.63) is 41.5 Å². The van der Waals surface area contributed by atoms with Crippen molar-refractivity contribution in [2.45, 2.75) is 33.5 Å². The second-order valence-corrected chi connectivity index (χ2v) is 3.89. The molecule has 2 aromatic heterocycles. The zero-order chi connectivity index (χ0) is 11.4. The smallest absolute Gasteiger partial charge is 0.150 e. The molecule has 16 heavy (non-hydrogen) atoms. The Kier molecular flexibility index (Phi) is 3.41. The van der Waals surface area contributed by atoms with Gasteiger partial charge < -0.3 is 14.4 Å². The first-order valence-electron chi connectivity index (χ1n) is 5.55. The predicted octanol–water partition coefficient (Wildman–Crippen LogP) is 2.09. The lowest BCUT2D eigenvalue weighted by atomic mass is 10.3. The second kappa shape index (κ2) is 4.99. The Morgan fingerprint density at radius 2 is 2.31 bits per heavy atom. The van der Waals surface area contributed by atoms with Crippen LogP contribution in [0.25, 0.3) is 0 Å². The summed E-state index contributed by atoms with van der Waals surface area (Å²) in [5, 5.41) is 7.16. The van der Waals surface area contributed by atoms with Crippen molar-refractivity contribution in [1.82, 2.24) is 15.0 Å². The highest BCUT2D eigenvalue weighted by molar-refractivity contribution is 5.10. The average molecular weight is 219 g/mol. The Labute approximate surface area is 95.2 Å². The highest BCUT2D eigenvalue weighted by atomic mass is 16.5. The highest BCUT2D eigenvalue weighted by Crippen LogP contribution is 2.04. The minimum Gasteiger partial charge on any atom is -0.360 e. The first-order chi connectivity index (χ1) is 7.78. The van der Waals surface area contributed by atoms with E-state index in [0.29, 0.717) is 0 Å². The Balaban J connectivity index is 1.79. The quantitative estimate of drug-likeness (QED) is 0.837. The molecule has 0 radical (unpaired) electrons. The number of nitrogens with zero attached hydrogens (tertiary/aromatic N) is 2. The van der Waals surface area contributed by atoms with Gasteiger partial charge in [-0.3, -0.25) is 0 Å². The summed E-state index contributed by atoms with van der Waals surface area (Å²) >= 11 is 0. The van der Waals surface area contributed by atoms with E-state index in [4.69, 9.17) is 4.52 Å². The van der Waals surface area contributed by atoms with Crippen LogP contribution in [-0.2, 0) is 19.6 Å². The van der Waals surface area contributed by atoms with Gasteiger partial charge in [0, 0.05) is 31.5 Å². The molecule has 0 spiro atoms. The molecule has 0 aliphatic heterocycles. The van der Waals surface area contributed by atoms with Crippen molar-refractivity contribution in [3.63, 3.8) is 0 Å². The number of nitrogens with one attached hydrogen (secondary N) is 1. The summed E-state index contributed by atoms with van der Waals surface area (Å²) in [6.07, 6.45) is 4.24. The number of hydrogen-bond donors (Lipinski definition) is 1. The van der Waals surface area contributed by atoms with Gasteiger partial charge in [-0.2, -0.15) is 0 Å². The van der Waals surface area contributed by atoms with Crippen LogP contribution in [0.5, 0.6) is 0 Å². The summed E-state index contributed by atoms with van der Waals surface area (Å²) in [7, 11) is 0. The van der Waals surface area contributed by atoms with Gasteiger partial charge in [0.25, 0.3) is 0 Å². The molecular formula is C12H17N3O. The van der Waals surface area contributed by atoms with Gasteiger partial charge in [0.1, 0.15) is 0 Å². The lowest BCUT2D eigenvalue weighted by Crippen LogP contribution is -2.11. The fourth-order valence-corrected chi connectivity index (χ4v) is 1.62. The topological polar surface area (TPSA) is 43.0 Å². The van der Waals surface area contributed by atoms with E-state index >= 15 is 0 Å². The third kappa shape index (κ3) is 2.73. The van der Waals surface area contributed by atoms with E-state index in [-0.39, 0.29) is 0 Å². The Bertz CT molecular complexity index is 445. The maximum atomic E-state index is 5.11. The van der Waals surface area contributed by atoms with Gasteiger partial charge in [-0.05, 0) is 25.5 Å². The summed E-state index contributed by atoms with van der Waals surface area (Å²) in [4.78, 5) is 0. The predicted molar refractivity (Wildman–Crippen MR) is 61.9 cm³/mol. The van der Waals surface area contributed by atoms with Crippen LogP contribution in [0.1, 0.15) is 23.9 Å². The first kappa shape index (κ1) is 11.0. The van der Waals surface area contributed by atoms with Crippen molar-refractivity contribution < 1.29 is 4.52 Å². The summed E-state index contributed by atoms with van der Waals surface area (Å²) < 4.78 is 7.27. The van der Waals surface area contributed by atoms with Crippen LogP contribution >= 0.6 is 0 Å². The maximum Gasteiger partial charge on any atom is 0.150 e. The fraction of sp³-hybridized carbons (Fsp3) is 0.417. The van der Waals surface area contributed by atoms with Crippen LogP contribution in [0.15, 0.2) is 29.0 Å². The molecule has 0 saturated carbocycles. The van der Waals surface area contributed by atoms with Crippen molar-refractivity contribution in [1.29, 1.82) is 0 Å². The van der Waals surface area contributed by atoms with E-state index in [1.165, 1.54) is 5.56 Å². The van der Waals surface area contributed by atoms with E-state index in [9.17, 15) is 0 Å². The Morgan fingerprint density at radius 1 is 1.44 bits per heavy atom. The monoisotopic (exact) mass is 219 g/mol. The molecule has 0 atom stereocenters. The van der Waals surface area contributed by atoms with Crippen molar-refractivity contribution in [2.75, 3.05) is 0 Å².